The molecule has 0 aliphatic heterocycles. The Balaban J connectivity index is 2.72. The van der Waals surface area contributed by atoms with E-state index in [1.165, 1.54) is 5.56 Å². The molecule has 0 aromatic heterocycles. The molecule has 0 saturated carbocycles. The van der Waals surface area contributed by atoms with Gasteiger partial charge in [-0.25, -0.2) is 0 Å². The maximum absolute atomic E-state index is 5.75. The summed E-state index contributed by atoms with van der Waals surface area (Å²) in [4.78, 5) is 11.3. The molecule has 1 aromatic carbocycles. The van der Waals surface area contributed by atoms with Crippen LogP contribution < -0.4 is 4.89 Å². The highest BCUT2D eigenvalue weighted by Crippen LogP contribution is 2.29. The van der Waals surface area contributed by atoms with E-state index in [4.69, 9.17) is 9.78 Å². The summed E-state index contributed by atoms with van der Waals surface area (Å²) in [6.07, 6.45) is 2.08. The maximum Gasteiger partial charge on any atom is 0.165 e. The van der Waals surface area contributed by atoms with Crippen LogP contribution in [0.3, 0.4) is 0 Å². The standard InChI is InChI=1S/C17H28O2/c1-7-11-17(6,14(4)5)19-18-16-10-8-9-15(12-16)13(2)3/h8-10,12-14H,7,11H2,1-6H3. The van der Waals surface area contributed by atoms with E-state index in [1.54, 1.807) is 0 Å². The molecule has 0 aliphatic rings. The Morgan fingerprint density at radius 3 is 2.37 bits per heavy atom. The lowest BCUT2D eigenvalue weighted by Crippen LogP contribution is -2.36. The van der Waals surface area contributed by atoms with Gasteiger partial charge in [0, 0.05) is 0 Å². The fourth-order valence-corrected chi connectivity index (χ4v) is 1.99. The highest BCUT2D eigenvalue weighted by molar-refractivity contribution is 5.29. The molecule has 1 atom stereocenters. The Labute approximate surface area is 118 Å². The number of rotatable bonds is 7. The highest BCUT2D eigenvalue weighted by atomic mass is 17.2. The zero-order valence-electron chi connectivity index (χ0n) is 13.2. The minimum absolute atomic E-state index is 0.234. The van der Waals surface area contributed by atoms with Crippen molar-refractivity contribution in [3.05, 3.63) is 29.8 Å². The van der Waals surface area contributed by atoms with Crippen LogP contribution in [0.1, 0.15) is 65.9 Å². The van der Waals surface area contributed by atoms with Gasteiger partial charge in [-0.2, -0.15) is 4.89 Å². The summed E-state index contributed by atoms with van der Waals surface area (Å²) in [5, 5.41) is 0. The molecule has 2 nitrogen and oxygen atoms in total. The van der Waals surface area contributed by atoms with E-state index < -0.39 is 0 Å². The predicted octanol–water partition coefficient (Wildman–Crippen LogP) is 5.34. The number of hydrogen-bond donors (Lipinski definition) is 0. The summed E-state index contributed by atoms with van der Waals surface area (Å²) in [5.74, 6) is 1.70. The zero-order chi connectivity index (χ0) is 14.5. The van der Waals surface area contributed by atoms with Crippen molar-refractivity contribution in [2.75, 3.05) is 0 Å². The number of hydrogen-bond acceptors (Lipinski definition) is 2. The maximum atomic E-state index is 5.75. The van der Waals surface area contributed by atoms with E-state index in [0.717, 1.165) is 18.6 Å². The normalized spacial score (nSPS) is 14.7. The van der Waals surface area contributed by atoms with Crippen LogP contribution in [0.4, 0.5) is 0 Å². The van der Waals surface area contributed by atoms with Gasteiger partial charge in [-0.05, 0) is 42.9 Å². The van der Waals surface area contributed by atoms with Gasteiger partial charge in [-0.3, -0.25) is 0 Å². The van der Waals surface area contributed by atoms with Gasteiger partial charge >= 0.3 is 0 Å². The lowest BCUT2D eigenvalue weighted by atomic mass is 9.88. The van der Waals surface area contributed by atoms with Crippen molar-refractivity contribution in [1.29, 1.82) is 0 Å². The number of benzene rings is 1. The Kier molecular flexibility index (Phi) is 5.86. The third kappa shape index (κ3) is 4.54. The molecule has 1 rings (SSSR count). The predicted molar refractivity (Wildman–Crippen MR) is 80.4 cm³/mol. The fourth-order valence-electron chi connectivity index (χ4n) is 1.99. The molecule has 108 valence electrons. The van der Waals surface area contributed by atoms with Crippen molar-refractivity contribution < 1.29 is 9.78 Å². The van der Waals surface area contributed by atoms with Crippen molar-refractivity contribution in [3.63, 3.8) is 0 Å². The summed E-state index contributed by atoms with van der Waals surface area (Å²) in [7, 11) is 0. The first-order valence-corrected chi connectivity index (χ1v) is 7.34. The summed E-state index contributed by atoms with van der Waals surface area (Å²) < 4.78 is 0. The average molecular weight is 264 g/mol. The molecule has 1 aromatic rings. The topological polar surface area (TPSA) is 18.5 Å². The van der Waals surface area contributed by atoms with Gasteiger partial charge < -0.3 is 4.89 Å². The van der Waals surface area contributed by atoms with Gasteiger partial charge in [0.05, 0.1) is 0 Å². The molecule has 1 unspecified atom stereocenters. The first kappa shape index (κ1) is 16.0. The van der Waals surface area contributed by atoms with Crippen molar-refractivity contribution >= 4 is 0 Å². The van der Waals surface area contributed by atoms with Gasteiger partial charge in [0.15, 0.2) is 5.75 Å². The summed E-state index contributed by atoms with van der Waals surface area (Å²) in [6.45, 7) is 13.0. The molecule has 0 aliphatic carbocycles. The third-order valence-electron chi connectivity index (χ3n) is 3.82. The molecule has 0 heterocycles. The van der Waals surface area contributed by atoms with Crippen LogP contribution in [0.5, 0.6) is 5.75 Å². The van der Waals surface area contributed by atoms with Gasteiger partial charge in [0.1, 0.15) is 5.60 Å². The van der Waals surface area contributed by atoms with Crippen LogP contribution in [0.2, 0.25) is 0 Å². The SMILES string of the molecule is CCCC(C)(OOc1cccc(C(C)C)c1)C(C)C. The smallest absolute Gasteiger partial charge is 0.165 e. The first-order valence-electron chi connectivity index (χ1n) is 7.34. The quantitative estimate of drug-likeness (QED) is 0.489. The van der Waals surface area contributed by atoms with E-state index in [9.17, 15) is 0 Å². The van der Waals surface area contributed by atoms with Gasteiger partial charge in [-0.15, -0.1) is 0 Å². The van der Waals surface area contributed by atoms with Gasteiger partial charge in [0.25, 0.3) is 0 Å². The average Bonchev–Trinajstić information content (AvgIpc) is 2.37. The van der Waals surface area contributed by atoms with Crippen LogP contribution >= 0.6 is 0 Å². The molecular formula is C17H28O2. The van der Waals surface area contributed by atoms with E-state index in [-0.39, 0.29) is 5.60 Å². The van der Waals surface area contributed by atoms with Gasteiger partial charge in [0.2, 0.25) is 0 Å². The zero-order valence-corrected chi connectivity index (χ0v) is 13.2. The van der Waals surface area contributed by atoms with Crippen LogP contribution in [-0.4, -0.2) is 5.60 Å². The molecule has 0 saturated heterocycles. The lowest BCUT2D eigenvalue weighted by Gasteiger charge is -2.31. The highest BCUT2D eigenvalue weighted by Gasteiger charge is 2.30. The molecule has 19 heavy (non-hydrogen) atoms. The van der Waals surface area contributed by atoms with Crippen LogP contribution in [0.15, 0.2) is 24.3 Å². The Hall–Kier alpha value is -1.02. The fraction of sp³-hybridized carbons (Fsp3) is 0.647. The van der Waals surface area contributed by atoms with E-state index in [2.05, 4.69) is 53.7 Å². The second-order valence-corrected chi connectivity index (χ2v) is 6.11. The Bertz CT molecular complexity index is 385. The van der Waals surface area contributed by atoms with Crippen LogP contribution in [0.25, 0.3) is 0 Å². The minimum atomic E-state index is -0.234. The van der Waals surface area contributed by atoms with Gasteiger partial charge in [-0.1, -0.05) is 53.2 Å². The lowest BCUT2D eigenvalue weighted by molar-refractivity contribution is -0.301. The van der Waals surface area contributed by atoms with Crippen molar-refractivity contribution in [1.82, 2.24) is 0 Å². The Morgan fingerprint density at radius 1 is 1.16 bits per heavy atom. The van der Waals surface area contributed by atoms with E-state index in [1.807, 2.05) is 12.1 Å². The Morgan fingerprint density at radius 2 is 1.84 bits per heavy atom. The van der Waals surface area contributed by atoms with E-state index >= 15 is 0 Å². The van der Waals surface area contributed by atoms with Crippen molar-refractivity contribution in [3.8, 4) is 5.75 Å². The summed E-state index contributed by atoms with van der Waals surface area (Å²) >= 11 is 0. The second-order valence-electron chi connectivity index (χ2n) is 6.11. The minimum Gasteiger partial charge on any atom is -0.337 e. The molecule has 0 fully saturated rings. The van der Waals surface area contributed by atoms with Crippen LogP contribution in [-0.2, 0) is 4.89 Å². The molecule has 0 amide bonds. The molecule has 0 radical (unpaired) electrons. The van der Waals surface area contributed by atoms with E-state index in [0.29, 0.717) is 11.8 Å². The summed E-state index contributed by atoms with van der Waals surface area (Å²) in [6, 6.07) is 8.13. The van der Waals surface area contributed by atoms with Crippen LogP contribution in [0, 0.1) is 5.92 Å². The summed E-state index contributed by atoms with van der Waals surface area (Å²) in [5.41, 5.74) is 1.03. The second kappa shape index (κ2) is 6.95. The van der Waals surface area contributed by atoms with Crippen molar-refractivity contribution in [2.45, 2.75) is 65.9 Å². The molecule has 0 bridgehead atoms. The monoisotopic (exact) mass is 264 g/mol. The molecule has 2 heteroatoms. The molecular weight excluding hydrogens is 236 g/mol. The van der Waals surface area contributed by atoms with Crippen molar-refractivity contribution in [2.24, 2.45) is 5.92 Å². The first-order chi connectivity index (χ1) is 8.89. The third-order valence-corrected chi connectivity index (χ3v) is 3.82. The molecule has 0 spiro atoms. The molecule has 0 N–H and O–H groups in total. The largest absolute Gasteiger partial charge is 0.337 e.